The van der Waals surface area contributed by atoms with Crippen LogP contribution in [-0.2, 0) is 18.3 Å². The molecule has 8 aromatic rings. The topological polar surface area (TPSA) is 0 Å². The van der Waals surface area contributed by atoms with Gasteiger partial charge in [-0.3, -0.25) is 0 Å². The van der Waals surface area contributed by atoms with Gasteiger partial charge in [0.25, 0.3) is 0 Å². The van der Waals surface area contributed by atoms with Crippen LogP contribution in [0.4, 0.5) is 0 Å². The third-order valence-corrected chi connectivity index (χ3v) is 12.3. The molecule has 0 saturated carbocycles. The summed E-state index contributed by atoms with van der Waals surface area (Å²) in [6.45, 7) is 7.03. The zero-order chi connectivity index (χ0) is 38.8. The minimum atomic E-state index is 0.0258. The quantitative estimate of drug-likeness (QED) is 0.131. The van der Waals surface area contributed by atoms with E-state index in [4.69, 9.17) is 0 Å². The number of allylic oxidation sites excluding steroid dienone is 1. The fourth-order valence-corrected chi connectivity index (χ4v) is 8.89. The molecule has 0 N–H and O–H groups in total. The summed E-state index contributed by atoms with van der Waals surface area (Å²) >= 11 is 0. The lowest BCUT2D eigenvalue weighted by molar-refractivity contribution is 0.639. The molecule has 0 spiro atoms. The molecule has 0 aliphatic heterocycles. The summed E-state index contributed by atoms with van der Waals surface area (Å²) in [5.41, 5.74) is 21.2. The Morgan fingerprint density at radius 1 is 0.404 bits per heavy atom. The van der Waals surface area contributed by atoms with E-state index in [1.165, 1.54) is 89.0 Å². The van der Waals surface area contributed by atoms with Gasteiger partial charge in [0.2, 0.25) is 0 Å². The van der Waals surface area contributed by atoms with Gasteiger partial charge in [-0.2, -0.15) is 0 Å². The predicted octanol–water partition coefficient (Wildman–Crippen LogP) is 14.8. The first-order chi connectivity index (χ1) is 27.9. The van der Waals surface area contributed by atoms with E-state index < -0.39 is 0 Å². The van der Waals surface area contributed by atoms with Crippen molar-refractivity contribution in [3.05, 3.63) is 256 Å². The second kappa shape index (κ2) is 15.6. The van der Waals surface area contributed by atoms with Gasteiger partial charge in [-0.05, 0) is 103 Å². The highest BCUT2D eigenvalue weighted by molar-refractivity contribution is 5.90. The number of rotatable bonds is 10. The maximum absolute atomic E-state index is 2.38. The van der Waals surface area contributed by atoms with Crippen LogP contribution in [0, 0.1) is 0 Å². The average molecular weight is 733 g/mol. The van der Waals surface area contributed by atoms with Crippen molar-refractivity contribution in [2.24, 2.45) is 0 Å². The second-order valence-electron chi connectivity index (χ2n) is 16.1. The van der Waals surface area contributed by atoms with Crippen molar-refractivity contribution in [2.45, 2.75) is 44.9 Å². The zero-order valence-corrected chi connectivity index (χ0v) is 33.1. The summed E-state index contributed by atoms with van der Waals surface area (Å²) in [6.07, 6.45) is 1.81. The molecule has 1 aliphatic rings. The summed E-state index contributed by atoms with van der Waals surface area (Å²) in [7, 11) is 0. The molecule has 0 amide bonds. The molecule has 0 saturated heterocycles. The molecule has 0 heteroatoms. The Balaban J connectivity index is 0.973. The Kier molecular flexibility index (Phi) is 9.87. The summed E-state index contributed by atoms with van der Waals surface area (Å²) < 4.78 is 0. The van der Waals surface area contributed by atoms with Gasteiger partial charge >= 0.3 is 0 Å². The van der Waals surface area contributed by atoms with Crippen LogP contribution in [-0.4, -0.2) is 0 Å². The Morgan fingerprint density at radius 3 is 1.44 bits per heavy atom. The lowest BCUT2D eigenvalue weighted by Crippen LogP contribution is -2.15. The molecule has 0 bridgehead atoms. The summed E-state index contributed by atoms with van der Waals surface area (Å²) in [6, 6.07) is 76.0. The van der Waals surface area contributed by atoms with Crippen molar-refractivity contribution in [3.8, 4) is 33.4 Å². The van der Waals surface area contributed by atoms with Gasteiger partial charge in [0.1, 0.15) is 0 Å². The summed E-state index contributed by atoms with van der Waals surface area (Å²) in [5.74, 6) is 0.202. The van der Waals surface area contributed by atoms with Crippen LogP contribution in [0.25, 0.3) is 39.0 Å². The van der Waals surface area contributed by atoms with E-state index >= 15 is 0 Å². The largest absolute Gasteiger partial charge is 0.0622 e. The van der Waals surface area contributed by atoms with Gasteiger partial charge in [0.15, 0.2) is 0 Å². The molecular formula is C57H48. The summed E-state index contributed by atoms with van der Waals surface area (Å²) in [4.78, 5) is 0. The molecule has 0 atom stereocenters. The van der Waals surface area contributed by atoms with Crippen LogP contribution >= 0.6 is 0 Å². The second-order valence-corrected chi connectivity index (χ2v) is 16.1. The van der Waals surface area contributed by atoms with E-state index in [0.717, 1.165) is 12.8 Å². The van der Waals surface area contributed by atoms with Gasteiger partial charge in [-0.25, -0.2) is 0 Å². The van der Waals surface area contributed by atoms with Crippen molar-refractivity contribution in [2.75, 3.05) is 0 Å². The van der Waals surface area contributed by atoms with E-state index in [1.807, 2.05) is 0 Å². The standard InChI is InChI=1S/C57H48/c1-40-56(53-26-12-13-27-55(53)57(40,2)3)52-25-11-10-20-49(52)36-41-28-32-45(33-29-41)46-34-30-42(31-35-46)37-54(50-23-14-21-47(38-50)43-16-6-4-7-17-43)51-24-15-22-48(39-51)44-18-8-5-9-19-44/h4-35,38-39,54H,36-37H2,1-3H3. The Morgan fingerprint density at radius 2 is 0.860 bits per heavy atom. The molecular weight excluding hydrogens is 685 g/mol. The van der Waals surface area contributed by atoms with Crippen molar-refractivity contribution in [1.29, 1.82) is 0 Å². The van der Waals surface area contributed by atoms with Crippen LogP contribution in [0.5, 0.6) is 0 Å². The highest BCUT2D eigenvalue weighted by Gasteiger charge is 2.35. The number of benzene rings is 8. The lowest BCUT2D eigenvalue weighted by Gasteiger charge is -2.22. The fourth-order valence-electron chi connectivity index (χ4n) is 8.89. The van der Waals surface area contributed by atoms with E-state index in [-0.39, 0.29) is 11.3 Å². The average Bonchev–Trinajstić information content (AvgIpc) is 3.47. The monoisotopic (exact) mass is 732 g/mol. The molecule has 0 radical (unpaired) electrons. The lowest BCUT2D eigenvalue weighted by atomic mass is 9.82. The molecule has 0 heterocycles. The third kappa shape index (κ3) is 7.32. The van der Waals surface area contributed by atoms with Crippen molar-refractivity contribution in [3.63, 3.8) is 0 Å². The van der Waals surface area contributed by atoms with Crippen LogP contribution in [0.15, 0.2) is 212 Å². The third-order valence-electron chi connectivity index (χ3n) is 12.3. The molecule has 9 rings (SSSR count). The molecule has 0 nitrogen and oxygen atoms in total. The van der Waals surface area contributed by atoms with Crippen LogP contribution in [0.3, 0.4) is 0 Å². The normalized spacial score (nSPS) is 13.2. The molecule has 0 fully saturated rings. The minimum Gasteiger partial charge on any atom is -0.0622 e. The maximum atomic E-state index is 2.38. The number of fused-ring (bicyclic) bond motifs is 1. The van der Waals surface area contributed by atoms with E-state index in [9.17, 15) is 0 Å². The molecule has 1 aliphatic carbocycles. The minimum absolute atomic E-state index is 0.0258. The first-order valence-corrected chi connectivity index (χ1v) is 20.3. The predicted molar refractivity (Wildman–Crippen MR) is 242 cm³/mol. The molecule has 57 heavy (non-hydrogen) atoms. The SMILES string of the molecule is CC1=C(c2ccccc2Cc2ccc(-c3ccc(CC(c4cccc(-c5ccccc5)c4)c4cccc(-c5ccccc5)c4)cc3)cc2)c2ccccc2C1(C)C. The van der Waals surface area contributed by atoms with Gasteiger partial charge in [-0.15, -0.1) is 0 Å². The van der Waals surface area contributed by atoms with Crippen LogP contribution in [0.1, 0.15) is 71.2 Å². The highest BCUT2D eigenvalue weighted by atomic mass is 14.4. The Labute approximate surface area is 338 Å². The van der Waals surface area contributed by atoms with Gasteiger partial charge in [0, 0.05) is 11.3 Å². The van der Waals surface area contributed by atoms with E-state index in [2.05, 4.69) is 227 Å². The maximum Gasteiger partial charge on any atom is 0.0130 e. The molecule has 276 valence electrons. The Bertz CT molecular complexity index is 2590. The van der Waals surface area contributed by atoms with Crippen molar-refractivity contribution < 1.29 is 0 Å². The van der Waals surface area contributed by atoms with Gasteiger partial charge in [-0.1, -0.05) is 226 Å². The van der Waals surface area contributed by atoms with Gasteiger partial charge < -0.3 is 0 Å². The molecule has 0 aromatic heterocycles. The fraction of sp³-hybridized carbons (Fsp3) is 0.123. The van der Waals surface area contributed by atoms with E-state index in [0.29, 0.717) is 0 Å². The highest BCUT2D eigenvalue weighted by Crippen LogP contribution is 2.49. The van der Waals surface area contributed by atoms with Crippen molar-refractivity contribution >= 4 is 5.57 Å². The molecule has 8 aromatic carbocycles. The molecule has 0 unspecified atom stereocenters. The van der Waals surface area contributed by atoms with Crippen molar-refractivity contribution in [1.82, 2.24) is 0 Å². The zero-order valence-electron chi connectivity index (χ0n) is 33.1. The van der Waals surface area contributed by atoms with Gasteiger partial charge in [0.05, 0.1) is 0 Å². The number of hydrogen-bond acceptors (Lipinski definition) is 0. The van der Waals surface area contributed by atoms with Crippen LogP contribution < -0.4 is 0 Å². The summed E-state index contributed by atoms with van der Waals surface area (Å²) in [5, 5.41) is 0. The first kappa shape index (κ1) is 36.2. The van der Waals surface area contributed by atoms with Crippen LogP contribution in [0.2, 0.25) is 0 Å². The smallest absolute Gasteiger partial charge is 0.0130 e. The first-order valence-electron chi connectivity index (χ1n) is 20.3. The number of hydrogen-bond donors (Lipinski definition) is 0. The van der Waals surface area contributed by atoms with E-state index in [1.54, 1.807) is 0 Å². The Hall–Kier alpha value is -6.50.